The molecule has 1 atom stereocenters. The van der Waals surface area contributed by atoms with Crippen LogP contribution < -0.4 is 10.6 Å². The topological polar surface area (TPSA) is 111 Å². The molecule has 8 heteroatoms. The van der Waals surface area contributed by atoms with E-state index in [1.807, 2.05) is 42.5 Å². The van der Waals surface area contributed by atoms with Crippen LogP contribution in [0.25, 0.3) is 27.5 Å². The lowest BCUT2D eigenvalue weighted by Gasteiger charge is -2.36. The third-order valence-electron chi connectivity index (χ3n) is 7.56. The third-order valence-corrected chi connectivity index (χ3v) is 7.56. The number of esters is 2. The number of allylic oxidation sites excluding steroid dienone is 1. The van der Waals surface area contributed by atoms with Crippen molar-refractivity contribution < 1.29 is 19.1 Å². The quantitative estimate of drug-likeness (QED) is 0.278. The van der Waals surface area contributed by atoms with Gasteiger partial charge in [-0.2, -0.15) is 5.26 Å². The van der Waals surface area contributed by atoms with Crippen molar-refractivity contribution in [2.75, 3.05) is 19.1 Å². The molecule has 2 N–H and O–H groups in total. The number of aromatic nitrogens is 1. The van der Waals surface area contributed by atoms with Gasteiger partial charge in [-0.05, 0) is 42.0 Å². The van der Waals surface area contributed by atoms with Crippen molar-refractivity contribution in [3.63, 3.8) is 0 Å². The number of nitrogens with zero attached hydrogens (tertiary/aromatic N) is 3. The molecule has 0 saturated heterocycles. The van der Waals surface area contributed by atoms with Crippen molar-refractivity contribution in [1.29, 1.82) is 5.26 Å². The predicted molar refractivity (Wildman–Crippen MR) is 160 cm³/mol. The van der Waals surface area contributed by atoms with Gasteiger partial charge < -0.3 is 19.8 Å². The number of methoxy groups -OCH3 is 2. The second-order valence-electron chi connectivity index (χ2n) is 9.72. The molecule has 4 aromatic carbocycles. The molecule has 206 valence electrons. The second-order valence-corrected chi connectivity index (χ2v) is 9.72. The fraction of sp³-hybridized carbons (Fsp3) is 0.0882. The summed E-state index contributed by atoms with van der Waals surface area (Å²) < 4.78 is 12.4. The molecule has 0 spiro atoms. The molecule has 0 aliphatic carbocycles. The van der Waals surface area contributed by atoms with Gasteiger partial charge in [0.05, 0.1) is 48.4 Å². The summed E-state index contributed by atoms with van der Waals surface area (Å²) in [6, 6.07) is 34.9. The number of nitriles is 1. The number of hydrogen-bond donors (Lipinski definition) is 1. The lowest BCUT2D eigenvalue weighted by Crippen LogP contribution is -2.40. The Hall–Kier alpha value is -5.81. The third kappa shape index (κ3) is 4.07. The van der Waals surface area contributed by atoms with Gasteiger partial charge in [0.1, 0.15) is 11.5 Å². The number of anilines is 1. The number of fused-ring (bicyclic) bond motifs is 3. The van der Waals surface area contributed by atoms with Gasteiger partial charge in [0, 0.05) is 22.1 Å². The van der Waals surface area contributed by atoms with E-state index in [2.05, 4.69) is 34.9 Å². The Labute approximate surface area is 242 Å². The highest BCUT2D eigenvalue weighted by molar-refractivity contribution is 6.09. The van der Waals surface area contributed by atoms with Crippen LogP contribution in [0.5, 0.6) is 0 Å². The number of rotatable bonds is 5. The van der Waals surface area contributed by atoms with Gasteiger partial charge in [-0.15, -0.1) is 0 Å². The first-order valence-electron chi connectivity index (χ1n) is 13.2. The monoisotopic (exact) mass is 554 g/mol. The summed E-state index contributed by atoms with van der Waals surface area (Å²) in [5.41, 5.74) is 10.7. The van der Waals surface area contributed by atoms with Crippen molar-refractivity contribution in [3.8, 4) is 11.8 Å². The van der Waals surface area contributed by atoms with Crippen LogP contribution in [-0.2, 0) is 19.1 Å². The first kappa shape index (κ1) is 26.4. The Kier molecular flexibility index (Phi) is 6.69. The van der Waals surface area contributed by atoms with Gasteiger partial charge in [-0.25, -0.2) is 9.59 Å². The molecule has 6 rings (SSSR count). The molecule has 0 bridgehead atoms. The summed E-state index contributed by atoms with van der Waals surface area (Å²) in [5.74, 6) is -2.46. The van der Waals surface area contributed by atoms with E-state index < -0.39 is 17.9 Å². The zero-order chi connectivity index (χ0) is 29.4. The summed E-state index contributed by atoms with van der Waals surface area (Å²) >= 11 is 0. The van der Waals surface area contributed by atoms with Gasteiger partial charge in [0.2, 0.25) is 0 Å². The van der Waals surface area contributed by atoms with Crippen molar-refractivity contribution in [1.82, 2.24) is 4.57 Å². The summed E-state index contributed by atoms with van der Waals surface area (Å²) in [7, 11) is 2.45. The Bertz CT molecular complexity index is 1910. The molecular weight excluding hydrogens is 528 g/mol. The molecule has 2 heterocycles. The molecule has 1 unspecified atom stereocenters. The molecule has 0 fully saturated rings. The molecule has 8 nitrogen and oxygen atoms in total. The van der Waals surface area contributed by atoms with Gasteiger partial charge in [0.25, 0.3) is 0 Å². The van der Waals surface area contributed by atoms with E-state index in [4.69, 9.17) is 15.2 Å². The van der Waals surface area contributed by atoms with Crippen LogP contribution in [0.3, 0.4) is 0 Å². The minimum absolute atomic E-state index is 0.0176. The zero-order valence-electron chi connectivity index (χ0n) is 22.9. The number of carbonyl (C=O) groups is 2. The van der Waals surface area contributed by atoms with E-state index in [0.29, 0.717) is 11.3 Å². The van der Waals surface area contributed by atoms with Gasteiger partial charge in [-0.1, -0.05) is 66.7 Å². The van der Waals surface area contributed by atoms with Crippen molar-refractivity contribution in [3.05, 3.63) is 131 Å². The van der Waals surface area contributed by atoms with Crippen LogP contribution in [0.2, 0.25) is 0 Å². The zero-order valence-corrected chi connectivity index (χ0v) is 22.9. The number of para-hydroxylation sites is 2. The summed E-state index contributed by atoms with van der Waals surface area (Å²) in [4.78, 5) is 28.0. The first-order chi connectivity index (χ1) is 20.5. The standard InChI is InChI=1S/C34H26N4O4/c1-41-33(39)30-29(21-10-4-3-5-11-21)26(20-35)32(36)38(31(30)34(40)42-2)23-18-16-22(17-19-23)37-27-14-8-6-12-24(27)25-13-7-9-15-28(25)37/h3-19,29H,36H2,1-2H3. The minimum atomic E-state index is -0.925. The number of benzene rings is 4. The van der Waals surface area contributed by atoms with Crippen LogP contribution in [-0.4, -0.2) is 30.7 Å². The van der Waals surface area contributed by atoms with E-state index in [9.17, 15) is 14.9 Å². The normalized spacial score (nSPS) is 15.2. The largest absolute Gasteiger partial charge is 0.466 e. The highest BCUT2D eigenvalue weighted by Crippen LogP contribution is 2.43. The van der Waals surface area contributed by atoms with E-state index in [1.54, 1.807) is 36.4 Å². The molecule has 1 aliphatic rings. The van der Waals surface area contributed by atoms with Crippen LogP contribution >= 0.6 is 0 Å². The summed E-state index contributed by atoms with van der Waals surface area (Å²) in [6.07, 6.45) is 0. The van der Waals surface area contributed by atoms with Crippen molar-refractivity contribution in [2.45, 2.75) is 5.92 Å². The van der Waals surface area contributed by atoms with Gasteiger partial charge in [0.15, 0.2) is 0 Å². The van der Waals surface area contributed by atoms with Gasteiger partial charge >= 0.3 is 11.9 Å². The average Bonchev–Trinajstić information content (AvgIpc) is 3.38. The van der Waals surface area contributed by atoms with Crippen LogP contribution in [0.4, 0.5) is 5.69 Å². The highest BCUT2D eigenvalue weighted by Gasteiger charge is 2.43. The minimum Gasteiger partial charge on any atom is -0.466 e. The molecule has 0 radical (unpaired) electrons. The summed E-state index contributed by atoms with van der Waals surface area (Å²) in [5, 5.41) is 12.5. The van der Waals surface area contributed by atoms with Crippen molar-refractivity contribution in [2.24, 2.45) is 5.73 Å². The smallest absolute Gasteiger partial charge is 0.355 e. The predicted octanol–water partition coefficient (Wildman–Crippen LogP) is 5.68. The van der Waals surface area contributed by atoms with E-state index in [1.165, 1.54) is 19.1 Å². The maximum absolute atomic E-state index is 13.4. The van der Waals surface area contributed by atoms with Crippen molar-refractivity contribution >= 4 is 39.4 Å². The molecule has 0 amide bonds. The maximum atomic E-state index is 13.4. The molecule has 0 saturated carbocycles. The number of carbonyl (C=O) groups excluding carboxylic acids is 2. The van der Waals surface area contributed by atoms with Crippen LogP contribution in [0.15, 0.2) is 126 Å². The maximum Gasteiger partial charge on any atom is 0.355 e. The lowest BCUT2D eigenvalue weighted by molar-refractivity contribution is -0.139. The Morgan fingerprint density at radius 3 is 1.81 bits per heavy atom. The second kappa shape index (κ2) is 10.6. The number of hydrogen-bond acceptors (Lipinski definition) is 7. The fourth-order valence-corrected chi connectivity index (χ4v) is 5.73. The lowest BCUT2D eigenvalue weighted by atomic mass is 9.81. The van der Waals surface area contributed by atoms with Crippen LogP contribution in [0.1, 0.15) is 11.5 Å². The fourth-order valence-electron chi connectivity index (χ4n) is 5.73. The molecule has 5 aromatic rings. The Balaban J connectivity index is 1.55. The van der Waals surface area contributed by atoms with Gasteiger partial charge in [-0.3, -0.25) is 4.90 Å². The molecule has 1 aliphatic heterocycles. The first-order valence-corrected chi connectivity index (χ1v) is 13.2. The number of nitrogens with two attached hydrogens (primary N) is 1. The number of ether oxygens (including phenoxy) is 2. The molecule has 1 aromatic heterocycles. The van der Waals surface area contributed by atoms with E-state index >= 15 is 0 Å². The van der Waals surface area contributed by atoms with E-state index in [-0.39, 0.29) is 22.7 Å². The molecule has 42 heavy (non-hydrogen) atoms. The SMILES string of the molecule is COC(=O)C1=C(C(=O)OC)N(c2ccc(-n3c4ccccc4c4ccccc43)cc2)C(N)=C(C#N)C1c1ccccc1. The highest BCUT2D eigenvalue weighted by atomic mass is 16.5. The average molecular weight is 555 g/mol. The molecular formula is C34H26N4O4. The summed E-state index contributed by atoms with van der Waals surface area (Å²) in [6.45, 7) is 0. The Morgan fingerprint density at radius 2 is 1.26 bits per heavy atom. The Morgan fingerprint density at radius 1 is 0.738 bits per heavy atom. The van der Waals surface area contributed by atoms with Crippen LogP contribution in [0, 0.1) is 11.3 Å². The van der Waals surface area contributed by atoms with E-state index in [0.717, 1.165) is 27.5 Å².